The van der Waals surface area contributed by atoms with E-state index in [1.54, 1.807) is 4.90 Å². The maximum Gasteiger partial charge on any atom is 0.237 e. The number of hydrogen-bond donors (Lipinski definition) is 1. The van der Waals surface area contributed by atoms with Gasteiger partial charge in [-0.2, -0.15) is 0 Å². The molecule has 4 nitrogen and oxygen atoms in total. The number of nitrogens with two attached hydrogens (primary N) is 1. The summed E-state index contributed by atoms with van der Waals surface area (Å²) in [7, 11) is 0. The molecular weight excluding hydrogens is 228 g/mol. The Morgan fingerprint density at radius 2 is 1.67 bits per heavy atom. The van der Waals surface area contributed by atoms with Crippen LogP contribution in [0.4, 0.5) is 0 Å². The molecule has 4 aliphatic rings. The van der Waals surface area contributed by atoms with E-state index in [1.807, 2.05) is 6.29 Å². The Morgan fingerprint density at radius 3 is 2.06 bits per heavy atom. The highest BCUT2D eigenvalue weighted by Crippen LogP contribution is 2.57. The Bertz CT molecular complexity index is 332. The summed E-state index contributed by atoms with van der Waals surface area (Å²) in [4.78, 5) is 24.6. The van der Waals surface area contributed by atoms with Gasteiger partial charge in [0.25, 0.3) is 0 Å². The van der Waals surface area contributed by atoms with Crippen LogP contribution in [0, 0.1) is 17.8 Å². The van der Waals surface area contributed by atoms with E-state index in [0.717, 1.165) is 37.0 Å². The lowest BCUT2D eigenvalue weighted by Crippen LogP contribution is -2.62. The monoisotopic (exact) mass is 249 g/mol. The largest absolute Gasteiger partial charge is 0.328 e. The summed E-state index contributed by atoms with van der Waals surface area (Å²) in [5, 5.41) is 0. The molecule has 2 N–H and O–H groups in total. The summed E-state index contributed by atoms with van der Waals surface area (Å²) in [5.41, 5.74) is 5.43. The van der Waals surface area contributed by atoms with E-state index in [4.69, 9.17) is 5.73 Å². The summed E-state index contributed by atoms with van der Waals surface area (Å²) in [6.45, 7) is 0.103. The Labute approximate surface area is 108 Å². The van der Waals surface area contributed by atoms with Crippen molar-refractivity contribution in [2.75, 3.05) is 13.1 Å². The van der Waals surface area contributed by atoms with E-state index in [9.17, 15) is 9.59 Å². The van der Waals surface area contributed by atoms with Gasteiger partial charge in [0.15, 0.2) is 0 Å². The molecule has 0 unspecified atom stereocenters. The van der Waals surface area contributed by atoms with Gasteiger partial charge in [-0.3, -0.25) is 9.59 Å². The Kier molecular flexibility index (Phi) is 2.93. The second-order valence-corrected chi connectivity index (χ2v) is 6.47. The predicted octanol–water partition coefficient (Wildman–Crippen LogP) is 0.852. The fourth-order valence-electron chi connectivity index (χ4n) is 5.09. The molecule has 4 aliphatic carbocycles. The summed E-state index contributed by atoms with van der Waals surface area (Å²) in [6, 6.07) is 0. The standard InChI is InChI=1S/C14H21N2O2/c15-9-13(18)16(1-2-17)14-6-10-3-11(7-14)5-12(4-10)8-14/h10-12H,1,3-9,15H2. The van der Waals surface area contributed by atoms with E-state index in [-0.39, 0.29) is 24.5 Å². The third-order valence-corrected chi connectivity index (χ3v) is 5.28. The first-order chi connectivity index (χ1) is 8.66. The Hall–Kier alpha value is -0.900. The number of carbonyl (C=O) groups excluding carboxylic acids is 2. The van der Waals surface area contributed by atoms with E-state index in [0.29, 0.717) is 0 Å². The van der Waals surface area contributed by atoms with Crippen LogP contribution < -0.4 is 5.73 Å². The fraction of sp³-hybridized carbons (Fsp3) is 0.857. The van der Waals surface area contributed by atoms with Crippen molar-refractivity contribution in [3.8, 4) is 0 Å². The molecule has 0 heterocycles. The van der Waals surface area contributed by atoms with E-state index in [2.05, 4.69) is 0 Å². The molecule has 1 amide bonds. The molecule has 99 valence electrons. The van der Waals surface area contributed by atoms with Gasteiger partial charge in [-0.1, -0.05) is 0 Å². The lowest BCUT2D eigenvalue weighted by molar-refractivity contribution is -0.147. The maximum absolute atomic E-state index is 12.0. The van der Waals surface area contributed by atoms with Gasteiger partial charge in [0.2, 0.25) is 12.2 Å². The van der Waals surface area contributed by atoms with Gasteiger partial charge in [0.05, 0.1) is 13.1 Å². The van der Waals surface area contributed by atoms with Gasteiger partial charge >= 0.3 is 0 Å². The minimum absolute atomic E-state index is 0.00340. The number of hydrogen-bond acceptors (Lipinski definition) is 3. The number of nitrogens with zero attached hydrogens (tertiary/aromatic N) is 1. The van der Waals surface area contributed by atoms with Gasteiger partial charge in [0.1, 0.15) is 0 Å². The molecule has 4 heteroatoms. The van der Waals surface area contributed by atoms with Crippen LogP contribution in [0.25, 0.3) is 0 Å². The highest BCUT2D eigenvalue weighted by molar-refractivity contribution is 5.81. The average molecular weight is 249 g/mol. The summed E-state index contributed by atoms with van der Waals surface area (Å²) in [6.07, 6.45) is 9.12. The van der Waals surface area contributed by atoms with Crippen molar-refractivity contribution in [1.82, 2.24) is 4.90 Å². The van der Waals surface area contributed by atoms with Crippen LogP contribution in [-0.2, 0) is 9.59 Å². The van der Waals surface area contributed by atoms with Crippen molar-refractivity contribution < 1.29 is 9.59 Å². The van der Waals surface area contributed by atoms with Gasteiger partial charge in [-0.15, -0.1) is 0 Å². The average Bonchev–Trinajstić information content (AvgIpc) is 2.33. The molecule has 4 fully saturated rings. The van der Waals surface area contributed by atoms with E-state index < -0.39 is 0 Å². The predicted molar refractivity (Wildman–Crippen MR) is 67.4 cm³/mol. The smallest absolute Gasteiger partial charge is 0.237 e. The van der Waals surface area contributed by atoms with Crippen LogP contribution in [0.2, 0.25) is 0 Å². The van der Waals surface area contributed by atoms with E-state index in [1.165, 1.54) is 19.3 Å². The molecule has 4 rings (SSSR count). The number of carbonyl (C=O) groups is 1. The SMILES string of the molecule is NCC(=O)N(C[C]=O)C12CC3CC(CC(C3)C1)C2. The molecule has 4 saturated carbocycles. The highest BCUT2D eigenvalue weighted by Gasteiger charge is 2.54. The lowest BCUT2D eigenvalue weighted by atomic mass is 9.52. The van der Waals surface area contributed by atoms with Crippen LogP contribution in [-0.4, -0.2) is 35.7 Å². The highest BCUT2D eigenvalue weighted by atomic mass is 16.2. The van der Waals surface area contributed by atoms with Crippen molar-refractivity contribution in [1.29, 1.82) is 0 Å². The first-order valence-electron chi connectivity index (χ1n) is 7.02. The van der Waals surface area contributed by atoms with Gasteiger partial charge in [-0.05, 0) is 56.3 Å². The minimum Gasteiger partial charge on any atom is -0.328 e. The van der Waals surface area contributed by atoms with Crippen LogP contribution in [0.3, 0.4) is 0 Å². The molecule has 0 aromatic rings. The van der Waals surface area contributed by atoms with Crippen molar-refractivity contribution in [3.05, 3.63) is 0 Å². The van der Waals surface area contributed by atoms with Crippen molar-refractivity contribution >= 4 is 12.2 Å². The zero-order chi connectivity index (χ0) is 12.8. The topological polar surface area (TPSA) is 63.4 Å². The number of amides is 1. The lowest BCUT2D eigenvalue weighted by Gasteiger charge is -2.60. The van der Waals surface area contributed by atoms with Crippen molar-refractivity contribution in [2.24, 2.45) is 23.5 Å². The van der Waals surface area contributed by atoms with Crippen LogP contribution in [0.1, 0.15) is 38.5 Å². The van der Waals surface area contributed by atoms with Gasteiger partial charge in [-0.25, -0.2) is 0 Å². The maximum atomic E-state index is 12.0. The zero-order valence-corrected chi connectivity index (χ0v) is 10.7. The molecule has 0 atom stereocenters. The molecule has 18 heavy (non-hydrogen) atoms. The molecule has 4 bridgehead atoms. The first-order valence-corrected chi connectivity index (χ1v) is 7.02. The van der Waals surface area contributed by atoms with Gasteiger partial charge in [0, 0.05) is 5.54 Å². The van der Waals surface area contributed by atoms with Crippen molar-refractivity contribution in [3.63, 3.8) is 0 Å². The summed E-state index contributed by atoms with van der Waals surface area (Å²) >= 11 is 0. The Balaban J connectivity index is 1.88. The molecule has 1 radical (unpaired) electrons. The summed E-state index contributed by atoms with van der Waals surface area (Å²) in [5.74, 6) is 2.20. The molecule has 0 aliphatic heterocycles. The first kappa shape index (κ1) is 12.2. The third kappa shape index (κ3) is 1.78. The third-order valence-electron chi connectivity index (χ3n) is 5.28. The summed E-state index contributed by atoms with van der Waals surface area (Å²) < 4.78 is 0. The molecule has 0 saturated heterocycles. The number of rotatable bonds is 4. The van der Waals surface area contributed by atoms with Crippen LogP contribution in [0.15, 0.2) is 0 Å². The molecule has 0 aromatic heterocycles. The van der Waals surface area contributed by atoms with E-state index >= 15 is 0 Å². The second-order valence-electron chi connectivity index (χ2n) is 6.47. The van der Waals surface area contributed by atoms with Crippen LogP contribution in [0.5, 0.6) is 0 Å². The zero-order valence-electron chi connectivity index (χ0n) is 10.7. The van der Waals surface area contributed by atoms with Gasteiger partial charge < -0.3 is 10.6 Å². The van der Waals surface area contributed by atoms with Crippen LogP contribution >= 0.6 is 0 Å². The quantitative estimate of drug-likeness (QED) is 0.803. The normalized spacial score (nSPS) is 40.8. The second kappa shape index (κ2) is 4.34. The fourth-order valence-corrected chi connectivity index (χ4v) is 5.09. The molecular formula is C14H21N2O2. The minimum atomic E-state index is -0.0831. The van der Waals surface area contributed by atoms with Crippen molar-refractivity contribution in [2.45, 2.75) is 44.1 Å². The molecule has 0 spiro atoms. The Morgan fingerprint density at radius 1 is 1.17 bits per heavy atom. The molecule has 0 aromatic carbocycles.